The van der Waals surface area contributed by atoms with E-state index in [9.17, 15) is 8.42 Å². The second kappa shape index (κ2) is 6.02. The van der Waals surface area contributed by atoms with Crippen LogP contribution in [0.5, 0.6) is 0 Å². The molecule has 0 aromatic heterocycles. The molecule has 96 valence electrons. The predicted molar refractivity (Wildman–Crippen MR) is 71.2 cm³/mol. The van der Waals surface area contributed by atoms with E-state index in [2.05, 4.69) is 19.2 Å². The number of benzene rings is 1. The lowest BCUT2D eigenvalue weighted by atomic mass is 10.1. The topological polar surface area (TPSA) is 72.2 Å². The van der Waals surface area contributed by atoms with E-state index < -0.39 is 10.0 Å². The van der Waals surface area contributed by atoms with Gasteiger partial charge in [-0.15, -0.1) is 0 Å². The Morgan fingerprint density at radius 3 is 2.29 bits per heavy atom. The SMILES string of the molecule is CC(C)CCNc1ccc(CS(N)(=O)=O)cc1. The average Bonchev–Trinajstić information content (AvgIpc) is 2.18. The Balaban J connectivity index is 2.50. The zero-order valence-corrected chi connectivity index (χ0v) is 11.1. The summed E-state index contributed by atoms with van der Waals surface area (Å²) in [7, 11) is -3.44. The minimum Gasteiger partial charge on any atom is -0.385 e. The monoisotopic (exact) mass is 256 g/mol. The summed E-state index contributed by atoms with van der Waals surface area (Å²) in [5.41, 5.74) is 1.71. The van der Waals surface area contributed by atoms with Crippen LogP contribution in [0.1, 0.15) is 25.8 Å². The van der Waals surface area contributed by atoms with Gasteiger partial charge in [-0.2, -0.15) is 0 Å². The molecule has 0 spiro atoms. The lowest BCUT2D eigenvalue weighted by Crippen LogP contribution is -2.14. The summed E-state index contributed by atoms with van der Waals surface area (Å²) in [6.07, 6.45) is 1.11. The van der Waals surface area contributed by atoms with Crippen molar-refractivity contribution < 1.29 is 8.42 Å². The van der Waals surface area contributed by atoms with E-state index in [1.54, 1.807) is 12.1 Å². The van der Waals surface area contributed by atoms with Crippen molar-refractivity contribution in [3.05, 3.63) is 29.8 Å². The van der Waals surface area contributed by atoms with Crippen LogP contribution in [0.25, 0.3) is 0 Å². The number of primary sulfonamides is 1. The molecule has 0 heterocycles. The highest BCUT2D eigenvalue weighted by molar-refractivity contribution is 7.88. The first-order valence-electron chi connectivity index (χ1n) is 5.70. The predicted octanol–water partition coefficient (Wildman–Crippen LogP) is 1.93. The third kappa shape index (κ3) is 6.28. The summed E-state index contributed by atoms with van der Waals surface area (Å²) in [5.74, 6) is 0.559. The van der Waals surface area contributed by atoms with Crippen molar-refractivity contribution >= 4 is 15.7 Å². The Bertz CT molecular complexity index is 438. The van der Waals surface area contributed by atoms with Crippen LogP contribution in [-0.4, -0.2) is 15.0 Å². The van der Waals surface area contributed by atoms with Crippen LogP contribution >= 0.6 is 0 Å². The maximum Gasteiger partial charge on any atom is 0.213 e. The van der Waals surface area contributed by atoms with Crippen molar-refractivity contribution in [1.82, 2.24) is 0 Å². The Morgan fingerprint density at radius 1 is 1.24 bits per heavy atom. The first-order valence-corrected chi connectivity index (χ1v) is 7.41. The molecule has 3 N–H and O–H groups in total. The van der Waals surface area contributed by atoms with E-state index in [0.717, 1.165) is 18.7 Å². The van der Waals surface area contributed by atoms with Crippen LogP contribution in [-0.2, 0) is 15.8 Å². The molecule has 1 aromatic carbocycles. The van der Waals surface area contributed by atoms with Crippen molar-refractivity contribution in [2.45, 2.75) is 26.0 Å². The number of sulfonamides is 1. The van der Waals surface area contributed by atoms with Crippen molar-refractivity contribution in [1.29, 1.82) is 0 Å². The Labute approximate surface area is 103 Å². The number of nitrogens with two attached hydrogens (primary N) is 1. The fourth-order valence-corrected chi connectivity index (χ4v) is 2.11. The molecule has 17 heavy (non-hydrogen) atoms. The molecule has 0 aliphatic heterocycles. The van der Waals surface area contributed by atoms with Gasteiger partial charge in [-0.3, -0.25) is 0 Å². The van der Waals surface area contributed by atoms with Crippen LogP contribution in [0.2, 0.25) is 0 Å². The van der Waals surface area contributed by atoms with E-state index >= 15 is 0 Å². The highest BCUT2D eigenvalue weighted by atomic mass is 32.2. The first kappa shape index (κ1) is 14.0. The first-order chi connectivity index (χ1) is 7.87. The molecule has 0 saturated heterocycles. The van der Waals surface area contributed by atoms with Gasteiger partial charge in [0.25, 0.3) is 0 Å². The van der Waals surface area contributed by atoms with Gasteiger partial charge in [0.2, 0.25) is 10.0 Å². The molecule has 0 aliphatic carbocycles. The fourth-order valence-electron chi connectivity index (χ4n) is 1.46. The summed E-state index contributed by atoms with van der Waals surface area (Å²) in [4.78, 5) is 0. The number of hydrogen-bond donors (Lipinski definition) is 2. The Hall–Kier alpha value is -1.07. The van der Waals surface area contributed by atoms with Crippen molar-refractivity contribution in [3.63, 3.8) is 0 Å². The number of nitrogens with one attached hydrogen (secondary N) is 1. The van der Waals surface area contributed by atoms with Crippen LogP contribution in [0.3, 0.4) is 0 Å². The molecule has 0 radical (unpaired) electrons. The van der Waals surface area contributed by atoms with Crippen molar-refractivity contribution in [2.75, 3.05) is 11.9 Å². The van der Waals surface area contributed by atoms with E-state index in [1.807, 2.05) is 12.1 Å². The van der Waals surface area contributed by atoms with E-state index in [4.69, 9.17) is 5.14 Å². The summed E-state index contributed by atoms with van der Waals surface area (Å²) in [6.45, 7) is 5.28. The molecule has 0 saturated carbocycles. The van der Waals surface area contributed by atoms with Gasteiger partial charge in [-0.1, -0.05) is 26.0 Å². The molecule has 0 bridgehead atoms. The lowest BCUT2D eigenvalue weighted by molar-refractivity contribution is 0.597. The Morgan fingerprint density at radius 2 is 1.82 bits per heavy atom. The molecule has 4 nitrogen and oxygen atoms in total. The highest BCUT2D eigenvalue weighted by Gasteiger charge is 2.04. The van der Waals surface area contributed by atoms with Crippen LogP contribution in [0, 0.1) is 5.92 Å². The standard InChI is InChI=1S/C12H20N2O2S/c1-10(2)7-8-14-12-5-3-11(4-6-12)9-17(13,15)16/h3-6,10,14H,7-9H2,1-2H3,(H2,13,15,16). The zero-order valence-electron chi connectivity index (χ0n) is 10.3. The molecule has 5 heteroatoms. The number of hydrogen-bond acceptors (Lipinski definition) is 3. The molecular weight excluding hydrogens is 236 g/mol. The quantitative estimate of drug-likeness (QED) is 0.817. The number of rotatable bonds is 6. The van der Waals surface area contributed by atoms with Gasteiger partial charge in [-0.05, 0) is 30.0 Å². The number of anilines is 1. The van der Waals surface area contributed by atoms with Crippen LogP contribution in [0.4, 0.5) is 5.69 Å². The smallest absolute Gasteiger partial charge is 0.213 e. The highest BCUT2D eigenvalue weighted by Crippen LogP contribution is 2.11. The molecule has 1 rings (SSSR count). The van der Waals surface area contributed by atoms with Gasteiger partial charge in [0, 0.05) is 12.2 Å². The summed E-state index contributed by atoms with van der Waals surface area (Å²) in [6, 6.07) is 7.31. The maximum absolute atomic E-state index is 10.9. The minimum atomic E-state index is -3.44. The molecule has 0 aliphatic rings. The van der Waals surface area contributed by atoms with Crippen LogP contribution in [0.15, 0.2) is 24.3 Å². The zero-order chi connectivity index (χ0) is 12.9. The van der Waals surface area contributed by atoms with E-state index in [-0.39, 0.29) is 5.75 Å². The Kier molecular flexibility index (Phi) is 4.96. The largest absolute Gasteiger partial charge is 0.385 e. The molecule has 0 amide bonds. The van der Waals surface area contributed by atoms with Crippen molar-refractivity contribution in [2.24, 2.45) is 11.1 Å². The van der Waals surface area contributed by atoms with E-state index in [1.165, 1.54) is 0 Å². The molecule has 0 atom stereocenters. The maximum atomic E-state index is 10.9. The molecule has 0 fully saturated rings. The van der Waals surface area contributed by atoms with Crippen LogP contribution < -0.4 is 10.5 Å². The average molecular weight is 256 g/mol. The third-order valence-electron chi connectivity index (χ3n) is 2.37. The van der Waals surface area contributed by atoms with Gasteiger partial charge < -0.3 is 5.32 Å². The van der Waals surface area contributed by atoms with Gasteiger partial charge in [-0.25, -0.2) is 13.6 Å². The van der Waals surface area contributed by atoms with E-state index in [0.29, 0.717) is 11.5 Å². The lowest BCUT2D eigenvalue weighted by Gasteiger charge is -2.08. The second-order valence-electron chi connectivity index (χ2n) is 4.61. The van der Waals surface area contributed by atoms with Gasteiger partial charge in [0.05, 0.1) is 5.75 Å². The minimum absolute atomic E-state index is 0.112. The second-order valence-corrected chi connectivity index (χ2v) is 6.23. The summed E-state index contributed by atoms with van der Waals surface area (Å²) >= 11 is 0. The molecule has 0 unspecified atom stereocenters. The molecular formula is C12H20N2O2S. The van der Waals surface area contributed by atoms with Gasteiger partial charge in [0.1, 0.15) is 0 Å². The molecule has 1 aromatic rings. The normalized spacial score (nSPS) is 11.8. The van der Waals surface area contributed by atoms with Crippen molar-refractivity contribution in [3.8, 4) is 0 Å². The summed E-state index contributed by atoms with van der Waals surface area (Å²) in [5, 5.41) is 8.26. The fraction of sp³-hybridized carbons (Fsp3) is 0.500. The van der Waals surface area contributed by atoms with Gasteiger partial charge >= 0.3 is 0 Å². The summed E-state index contributed by atoms with van der Waals surface area (Å²) < 4.78 is 21.8. The van der Waals surface area contributed by atoms with Gasteiger partial charge in [0.15, 0.2) is 0 Å². The third-order valence-corrected chi connectivity index (χ3v) is 3.11.